The van der Waals surface area contributed by atoms with E-state index in [1.54, 1.807) is 0 Å². The van der Waals surface area contributed by atoms with Crippen LogP contribution in [0.15, 0.2) is 12.3 Å². The van der Waals surface area contributed by atoms with Gasteiger partial charge in [-0.05, 0) is 48.2 Å². The van der Waals surface area contributed by atoms with Gasteiger partial charge in [0.2, 0.25) is 0 Å². The fourth-order valence-electron chi connectivity index (χ4n) is 1.62. The summed E-state index contributed by atoms with van der Waals surface area (Å²) < 4.78 is 1.22. The van der Waals surface area contributed by atoms with E-state index in [2.05, 4.69) is 57.8 Å². The van der Waals surface area contributed by atoms with E-state index >= 15 is 0 Å². The quantitative estimate of drug-likeness (QED) is 0.843. The third-order valence-electron chi connectivity index (χ3n) is 2.46. The Morgan fingerprint density at radius 2 is 2.29 bits per heavy atom. The molecular weight excluding hydrogens is 289 g/mol. The monoisotopic (exact) mass is 303 g/mol. The third kappa shape index (κ3) is 2.17. The molecule has 2 heterocycles. The van der Waals surface area contributed by atoms with Gasteiger partial charge in [-0.15, -0.1) is 0 Å². The molecule has 1 fully saturated rings. The predicted molar refractivity (Wildman–Crippen MR) is 66.6 cm³/mol. The minimum absolute atomic E-state index is 0.576. The fourth-order valence-corrected chi connectivity index (χ4v) is 1.91. The van der Waals surface area contributed by atoms with Crippen molar-refractivity contribution in [2.75, 3.05) is 25.5 Å². The van der Waals surface area contributed by atoms with Gasteiger partial charge in [0.25, 0.3) is 0 Å². The number of hydrogen-bond acceptors (Lipinski definition) is 3. The number of rotatable bonds is 2. The lowest BCUT2D eigenvalue weighted by Gasteiger charge is -2.36. The number of nitrogens with one attached hydrogen (secondary N) is 1. The Kier molecular flexibility index (Phi) is 2.92. The number of likely N-dealkylation sites (tertiary alicyclic amines) is 1. The fraction of sp³-hybridized carbons (Fsp3) is 0.500. The zero-order valence-electron chi connectivity index (χ0n) is 8.42. The number of aryl methyl sites for hydroxylation is 1. The van der Waals surface area contributed by atoms with Crippen molar-refractivity contribution in [2.24, 2.45) is 0 Å². The third-order valence-corrected chi connectivity index (χ3v) is 3.59. The average Bonchev–Trinajstić information content (AvgIpc) is 2.09. The molecule has 1 aromatic rings. The van der Waals surface area contributed by atoms with Crippen molar-refractivity contribution in [1.82, 2.24) is 9.88 Å². The van der Waals surface area contributed by atoms with Crippen molar-refractivity contribution in [1.29, 1.82) is 0 Å². The van der Waals surface area contributed by atoms with Gasteiger partial charge in [-0.3, -0.25) is 0 Å². The molecule has 3 nitrogen and oxygen atoms in total. The molecule has 0 aliphatic carbocycles. The Hall–Kier alpha value is -0.360. The van der Waals surface area contributed by atoms with Crippen LogP contribution in [-0.2, 0) is 0 Å². The largest absolute Gasteiger partial charge is 0.365 e. The lowest BCUT2D eigenvalue weighted by atomic mass is 10.1. The first-order chi connectivity index (χ1) is 6.65. The lowest BCUT2D eigenvalue weighted by Crippen LogP contribution is -2.52. The molecule has 1 aliphatic heterocycles. The van der Waals surface area contributed by atoms with Gasteiger partial charge in [-0.1, -0.05) is 0 Å². The van der Waals surface area contributed by atoms with Gasteiger partial charge >= 0.3 is 0 Å². The Labute approximate surface area is 98.0 Å². The maximum Gasteiger partial charge on any atom is 0.126 e. The van der Waals surface area contributed by atoms with Gasteiger partial charge < -0.3 is 10.2 Å². The Balaban J connectivity index is 2.00. The van der Waals surface area contributed by atoms with Crippen LogP contribution in [0.3, 0.4) is 0 Å². The summed E-state index contributed by atoms with van der Waals surface area (Å²) in [5, 5.41) is 3.42. The molecule has 0 bridgehead atoms. The number of nitrogens with zero attached hydrogens (tertiary/aromatic N) is 2. The molecule has 4 heteroatoms. The van der Waals surface area contributed by atoms with Crippen LogP contribution in [0, 0.1) is 10.5 Å². The van der Waals surface area contributed by atoms with E-state index in [0.29, 0.717) is 6.04 Å². The van der Waals surface area contributed by atoms with Gasteiger partial charge in [0.15, 0.2) is 0 Å². The van der Waals surface area contributed by atoms with Gasteiger partial charge in [0, 0.05) is 22.9 Å². The van der Waals surface area contributed by atoms with E-state index in [9.17, 15) is 0 Å². The topological polar surface area (TPSA) is 28.2 Å². The first-order valence-corrected chi connectivity index (χ1v) is 5.80. The summed E-state index contributed by atoms with van der Waals surface area (Å²) in [4.78, 5) is 6.64. The van der Waals surface area contributed by atoms with Crippen molar-refractivity contribution < 1.29 is 0 Å². The predicted octanol–water partition coefficient (Wildman–Crippen LogP) is 1.72. The number of anilines is 1. The highest BCUT2D eigenvalue weighted by Gasteiger charge is 2.22. The van der Waals surface area contributed by atoms with Crippen molar-refractivity contribution in [3.63, 3.8) is 0 Å². The molecule has 0 saturated carbocycles. The molecule has 2 rings (SSSR count). The van der Waals surface area contributed by atoms with E-state index in [4.69, 9.17) is 0 Å². The summed E-state index contributed by atoms with van der Waals surface area (Å²) in [5.74, 6) is 1.00. The average molecular weight is 303 g/mol. The van der Waals surface area contributed by atoms with Crippen LogP contribution in [0.5, 0.6) is 0 Å². The molecule has 0 aromatic carbocycles. The van der Waals surface area contributed by atoms with E-state index < -0.39 is 0 Å². The second-order valence-corrected chi connectivity index (χ2v) is 5.04. The van der Waals surface area contributed by atoms with Crippen molar-refractivity contribution in [3.8, 4) is 0 Å². The Bertz CT molecular complexity index is 334. The van der Waals surface area contributed by atoms with Crippen molar-refractivity contribution >= 4 is 28.4 Å². The SMILES string of the molecule is Cc1cc(NC2CN(C)C2)ncc1I. The number of halogens is 1. The summed E-state index contributed by atoms with van der Waals surface area (Å²) in [6, 6.07) is 2.69. The summed E-state index contributed by atoms with van der Waals surface area (Å²) in [5.41, 5.74) is 1.29. The smallest absolute Gasteiger partial charge is 0.126 e. The van der Waals surface area contributed by atoms with Gasteiger partial charge in [0.05, 0.1) is 6.04 Å². The molecular formula is C10H14IN3. The number of aromatic nitrogens is 1. The van der Waals surface area contributed by atoms with Crippen LogP contribution in [0.2, 0.25) is 0 Å². The highest BCUT2D eigenvalue weighted by molar-refractivity contribution is 14.1. The summed E-state index contributed by atoms with van der Waals surface area (Å²) in [6.07, 6.45) is 1.92. The summed E-state index contributed by atoms with van der Waals surface area (Å²) in [7, 11) is 2.13. The second kappa shape index (κ2) is 4.02. The summed E-state index contributed by atoms with van der Waals surface area (Å²) in [6.45, 7) is 4.35. The minimum Gasteiger partial charge on any atom is -0.365 e. The first kappa shape index (κ1) is 10.2. The lowest BCUT2D eigenvalue weighted by molar-refractivity contribution is 0.205. The molecule has 0 amide bonds. The molecule has 1 saturated heterocycles. The van der Waals surface area contributed by atoms with Gasteiger partial charge in [-0.25, -0.2) is 4.98 Å². The Morgan fingerprint density at radius 3 is 2.86 bits per heavy atom. The molecule has 1 N–H and O–H groups in total. The van der Waals surface area contributed by atoms with Crippen LogP contribution in [0.1, 0.15) is 5.56 Å². The van der Waals surface area contributed by atoms with Crippen molar-refractivity contribution in [2.45, 2.75) is 13.0 Å². The molecule has 0 unspecified atom stereocenters. The molecule has 76 valence electrons. The highest BCUT2D eigenvalue weighted by Crippen LogP contribution is 2.16. The normalized spacial score (nSPS) is 17.9. The van der Waals surface area contributed by atoms with Gasteiger partial charge in [0.1, 0.15) is 5.82 Å². The second-order valence-electron chi connectivity index (χ2n) is 3.88. The maximum absolute atomic E-state index is 4.35. The van der Waals surface area contributed by atoms with E-state index in [1.807, 2.05) is 6.20 Å². The van der Waals surface area contributed by atoms with E-state index in [1.165, 1.54) is 9.13 Å². The maximum atomic E-state index is 4.35. The molecule has 0 radical (unpaired) electrons. The zero-order valence-corrected chi connectivity index (χ0v) is 10.6. The number of hydrogen-bond donors (Lipinski definition) is 1. The van der Waals surface area contributed by atoms with Crippen LogP contribution in [-0.4, -0.2) is 36.1 Å². The van der Waals surface area contributed by atoms with Crippen molar-refractivity contribution in [3.05, 3.63) is 21.4 Å². The Morgan fingerprint density at radius 1 is 1.57 bits per heavy atom. The molecule has 14 heavy (non-hydrogen) atoms. The van der Waals surface area contributed by atoms with Crippen LogP contribution >= 0.6 is 22.6 Å². The standard InChI is InChI=1S/C10H14IN3/c1-7-3-10(12-4-9(7)11)13-8-5-14(2)6-8/h3-4,8H,5-6H2,1-2H3,(H,12,13). The highest BCUT2D eigenvalue weighted by atomic mass is 127. The van der Waals surface area contributed by atoms with Crippen LogP contribution in [0.25, 0.3) is 0 Å². The minimum atomic E-state index is 0.576. The molecule has 0 spiro atoms. The van der Waals surface area contributed by atoms with E-state index in [0.717, 1.165) is 18.9 Å². The molecule has 0 atom stereocenters. The molecule has 1 aliphatic rings. The number of pyridine rings is 1. The van der Waals surface area contributed by atoms with Gasteiger partial charge in [-0.2, -0.15) is 0 Å². The summed E-state index contributed by atoms with van der Waals surface area (Å²) >= 11 is 2.30. The zero-order chi connectivity index (χ0) is 10.1. The number of likely N-dealkylation sites (N-methyl/N-ethyl adjacent to an activating group) is 1. The molecule has 1 aromatic heterocycles. The first-order valence-electron chi connectivity index (χ1n) is 4.72. The van der Waals surface area contributed by atoms with Crippen LogP contribution in [0.4, 0.5) is 5.82 Å². The van der Waals surface area contributed by atoms with E-state index in [-0.39, 0.29) is 0 Å². The van der Waals surface area contributed by atoms with Crippen LogP contribution < -0.4 is 5.32 Å².